The first-order valence-electron chi connectivity index (χ1n) is 13.2. The maximum atomic E-state index is 13.3. The molecule has 36 heavy (non-hydrogen) atoms. The number of benzene rings is 1. The molecule has 4 aliphatic carbocycles. The van der Waals surface area contributed by atoms with E-state index in [1.165, 1.54) is 29.2 Å². The highest BCUT2D eigenvalue weighted by atomic mass is 16.6. The molecule has 6 heteroatoms. The molecule has 0 heterocycles. The van der Waals surface area contributed by atoms with Gasteiger partial charge in [0.2, 0.25) is 5.78 Å². The normalized spacial score (nSPS) is 33.3. The van der Waals surface area contributed by atoms with E-state index in [1.54, 1.807) is 0 Å². The predicted molar refractivity (Wildman–Crippen MR) is 138 cm³/mol. The number of ether oxygens (including phenoxy) is 1. The van der Waals surface area contributed by atoms with E-state index in [-0.39, 0.29) is 29.3 Å². The second-order valence-corrected chi connectivity index (χ2v) is 11.5. The van der Waals surface area contributed by atoms with Crippen molar-refractivity contribution in [1.29, 1.82) is 0 Å². The molecule has 192 valence electrons. The number of carbonyl (C=O) groups is 3. The van der Waals surface area contributed by atoms with Gasteiger partial charge in [0.1, 0.15) is 6.61 Å². The zero-order valence-electron chi connectivity index (χ0n) is 21.8. The van der Waals surface area contributed by atoms with Crippen LogP contribution >= 0.6 is 0 Å². The van der Waals surface area contributed by atoms with Gasteiger partial charge < -0.3 is 14.7 Å². The van der Waals surface area contributed by atoms with E-state index >= 15 is 0 Å². The van der Waals surface area contributed by atoms with Gasteiger partial charge in [-0.05, 0) is 85.3 Å². The number of anilines is 1. The van der Waals surface area contributed by atoms with Crippen molar-refractivity contribution >= 4 is 23.2 Å². The molecule has 1 aromatic carbocycles. The minimum Gasteiger partial charge on any atom is -0.451 e. The summed E-state index contributed by atoms with van der Waals surface area (Å²) in [6.45, 7) is 2.83. The molecule has 0 bridgehead atoms. The Labute approximate surface area is 213 Å². The van der Waals surface area contributed by atoms with Crippen LogP contribution < -0.4 is 4.90 Å². The van der Waals surface area contributed by atoms with Crippen molar-refractivity contribution in [3.63, 3.8) is 0 Å². The monoisotopic (exact) mass is 491 g/mol. The van der Waals surface area contributed by atoms with Crippen LogP contribution in [0.5, 0.6) is 0 Å². The van der Waals surface area contributed by atoms with Gasteiger partial charge >= 0.3 is 5.97 Å². The van der Waals surface area contributed by atoms with E-state index < -0.39 is 23.6 Å². The third kappa shape index (κ3) is 3.68. The Bertz CT molecular complexity index is 1160. The number of nitrogens with zero attached hydrogens (tertiary/aromatic N) is 1. The first-order chi connectivity index (χ1) is 17.1. The first kappa shape index (κ1) is 24.9. The average Bonchev–Trinajstić information content (AvgIpc) is 3.14. The fourth-order valence-corrected chi connectivity index (χ4v) is 8.01. The van der Waals surface area contributed by atoms with E-state index in [4.69, 9.17) is 4.74 Å². The zero-order chi connectivity index (χ0) is 25.8. The van der Waals surface area contributed by atoms with Gasteiger partial charge in [0.05, 0.1) is 0 Å². The molecule has 0 spiro atoms. The smallest absolute Gasteiger partial charge is 0.303 e. The van der Waals surface area contributed by atoms with Crippen LogP contribution in [-0.2, 0) is 19.1 Å². The summed E-state index contributed by atoms with van der Waals surface area (Å²) in [7, 11) is 4.04. The van der Waals surface area contributed by atoms with Gasteiger partial charge in [-0.3, -0.25) is 14.4 Å². The Morgan fingerprint density at radius 1 is 1.11 bits per heavy atom. The lowest BCUT2D eigenvalue weighted by atomic mass is 9.50. The number of fused-ring (bicyclic) bond motifs is 4. The van der Waals surface area contributed by atoms with Gasteiger partial charge in [-0.15, -0.1) is 0 Å². The molecule has 1 aromatic rings. The topological polar surface area (TPSA) is 83.9 Å². The fraction of sp³-hybridized carbons (Fsp3) is 0.567. The Morgan fingerprint density at radius 3 is 2.47 bits per heavy atom. The molecule has 6 nitrogen and oxygen atoms in total. The first-order valence-corrected chi connectivity index (χ1v) is 13.2. The Kier molecular flexibility index (Phi) is 6.22. The highest BCUT2D eigenvalue weighted by Gasteiger charge is 2.67. The molecule has 2 saturated carbocycles. The van der Waals surface area contributed by atoms with Crippen LogP contribution in [0.4, 0.5) is 5.69 Å². The lowest BCUT2D eigenvalue weighted by Gasteiger charge is -2.55. The SMILES string of the molecule is CC(=O)O[C@]1(C(=O)CO)CCC2C3CCC4=CC(=O)CCC4=C3[C@@H](c3ccc(N(C)C)cc3)C[C@@]21C. The zero-order valence-corrected chi connectivity index (χ0v) is 21.8. The molecule has 0 radical (unpaired) electrons. The summed E-state index contributed by atoms with van der Waals surface area (Å²) >= 11 is 0. The summed E-state index contributed by atoms with van der Waals surface area (Å²) in [5.41, 5.74) is 4.35. The number of allylic oxidation sites excluding steroid dienone is 4. The quantitative estimate of drug-likeness (QED) is 0.610. The third-order valence-corrected chi connectivity index (χ3v) is 9.58. The van der Waals surface area contributed by atoms with E-state index in [0.717, 1.165) is 31.4 Å². The molecule has 0 aliphatic heterocycles. The number of aliphatic hydroxyl groups excluding tert-OH is 1. The minimum atomic E-state index is -1.31. The van der Waals surface area contributed by atoms with Gasteiger partial charge in [-0.1, -0.05) is 24.6 Å². The molecule has 0 aromatic heterocycles. The van der Waals surface area contributed by atoms with E-state index in [1.807, 2.05) is 20.2 Å². The highest BCUT2D eigenvalue weighted by molar-refractivity contribution is 5.93. The van der Waals surface area contributed by atoms with E-state index in [0.29, 0.717) is 19.3 Å². The maximum absolute atomic E-state index is 13.3. The number of hydrogen-bond donors (Lipinski definition) is 1. The standard InChI is InChI=1S/C30H37NO5/c1-18(33)36-30(27(35)17-32)14-13-26-24-11-7-20-15-22(34)10-12-23(20)28(24)25(16-29(26,30)2)19-5-8-21(9-6-19)31(3)4/h5-6,8-9,15,24-26,32H,7,10-14,16-17H2,1-4H3/t24?,25-,26?,29+,30+/m1/s1. The van der Waals surface area contributed by atoms with E-state index in [9.17, 15) is 19.5 Å². The Morgan fingerprint density at radius 2 is 1.83 bits per heavy atom. The minimum absolute atomic E-state index is 0.0545. The summed E-state index contributed by atoms with van der Waals surface area (Å²) < 4.78 is 5.93. The number of Topliss-reactive ketones (excluding diaryl/α,β-unsaturated/α-hetero) is 1. The van der Waals surface area contributed by atoms with Crippen molar-refractivity contribution < 1.29 is 24.2 Å². The summed E-state index contributed by atoms with van der Waals surface area (Å²) in [4.78, 5) is 39.9. The molecular formula is C30H37NO5. The summed E-state index contributed by atoms with van der Waals surface area (Å²) in [5, 5.41) is 9.96. The molecule has 2 fully saturated rings. The number of carbonyl (C=O) groups excluding carboxylic acids is 3. The summed E-state index contributed by atoms with van der Waals surface area (Å²) in [6.07, 6.45) is 6.85. The lowest BCUT2D eigenvalue weighted by molar-refractivity contribution is -0.185. The van der Waals surface area contributed by atoms with Gasteiger partial charge in [0.15, 0.2) is 11.4 Å². The van der Waals surface area contributed by atoms with Gasteiger partial charge in [-0.25, -0.2) is 0 Å². The lowest BCUT2D eigenvalue weighted by Crippen LogP contribution is -2.58. The van der Waals surface area contributed by atoms with Crippen LogP contribution in [-0.4, -0.2) is 48.9 Å². The second-order valence-electron chi connectivity index (χ2n) is 11.5. The number of hydrogen-bond acceptors (Lipinski definition) is 6. The van der Waals surface area contributed by atoms with Gasteiger partial charge in [0, 0.05) is 44.5 Å². The Balaban J connectivity index is 1.69. The third-order valence-electron chi connectivity index (χ3n) is 9.58. The molecule has 5 rings (SSSR count). The van der Waals surface area contributed by atoms with Gasteiger partial charge in [-0.2, -0.15) is 0 Å². The largest absolute Gasteiger partial charge is 0.451 e. The molecule has 1 N–H and O–H groups in total. The van der Waals surface area contributed by atoms with Crippen LogP contribution in [0.1, 0.15) is 70.3 Å². The van der Waals surface area contributed by atoms with Gasteiger partial charge in [0.25, 0.3) is 0 Å². The molecular weight excluding hydrogens is 454 g/mol. The van der Waals surface area contributed by atoms with Crippen LogP contribution in [0, 0.1) is 17.3 Å². The van der Waals surface area contributed by atoms with Crippen molar-refractivity contribution in [2.24, 2.45) is 17.3 Å². The van der Waals surface area contributed by atoms with Crippen molar-refractivity contribution in [2.45, 2.75) is 70.3 Å². The van der Waals surface area contributed by atoms with Crippen molar-refractivity contribution in [3.8, 4) is 0 Å². The Hall–Kier alpha value is -2.73. The number of esters is 1. The molecule has 5 atom stereocenters. The highest BCUT2D eigenvalue weighted by Crippen LogP contribution is 2.67. The molecule has 0 saturated heterocycles. The number of rotatable bonds is 5. The number of ketones is 2. The molecule has 4 aliphatic rings. The van der Waals surface area contributed by atoms with Crippen LogP contribution in [0.15, 0.2) is 47.1 Å². The average molecular weight is 492 g/mol. The molecule has 2 unspecified atom stereocenters. The van der Waals surface area contributed by atoms with Crippen LogP contribution in [0.2, 0.25) is 0 Å². The molecule has 0 amide bonds. The van der Waals surface area contributed by atoms with Crippen molar-refractivity contribution in [2.75, 3.05) is 25.6 Å². The summed E-state index contributed by atoms with van der Waals surface area (Å²) in [6, 6.07) is 8.61. The van der Waals surface area contributed by atoms with Crippen molar-refractivity contribution in [1.82, 2.24) is 0 Å². The second kappa shape index (κ2) is 8.98. The van der Waals surface area contributed by atoms with E-state index in [2.05, 4.69) is 36.1 Å². The fourth-order valence-electron chi connectivity index (χ4n) is 8.01. The maximum Gasteiger partial charge on any atom is 0.303 e. The predicted octanol–water partition coefficient (Wildman–Crippen LogP) is 4.52. The van der Waals surface area contributed by atoms with Crippen LogP contribution in [0.25, 0.3) is 0 Å². The summed E-state index contributed by atoms with van der Waals surface area (Å²) in [5.74, 6) is -0.171. The van der Waals surface area contributed by atoms with Crippen molar-refractivity contribution in [3.05, 3.63) is 52.6 Å². The van der Waals surface area contributed by atoms with Crippen LogP contribution in [0.3, 0.4) is 0 Å². The number of aliphatic hydroxyl groups is 1.